The summed E-state index contributed by atoms with van der Waals surface area (Å²) in [4.78, 5) is 2.64. The molecule has 2 aromatic rings. The highest BCUT2D eigenvalue weighted by Crippen LogP contribution is 2.42. The molecule has 1 saturated heterocycles. The summed E-state index contributed by atoms with van der Waals surface area (Å²) < 4.78 is 11.1. The fourth-order valence-corrected chi connectivity index (χ4v) is 4.20. The average molecular weight is 366 g/mol. The van der Waals surface area contributed by atoms with Crippen molar-refractivity contribution in [3.63, 3.8) is 0 Å². The molecule has 0 aromatic heterocycles. The Morgan fingerprint density at radius 3 is 2.33 bits per heavy atom. The van der Waals surface area contributed by atoms with E-state index in [0.717, 1.165) is 30.0 Å². The zero-order valence-electron chi connectivity index (χ0n) is 16.9. The van der Waals surface area contributed by atoms with E-state index < -0.39 is 0 Å². The first kappa shape index (κ1) is 19.5. The summed E-state index contributed by atoms with van der Waals surface area (Å²) in [6.07, 6.45) is 4.29. The van der Waals surface area contributed by atoms with Crippen LogP contribution in [0.1, 0.15) is 49.4 Å². The Bertz CT molecular complexity index is 771. The maximum Gasteiger partial charge on any atom is 0.161 e. The normalized spacial score (nSPS) is 23.0. The van der Waals surface area contributed by atoms with Crippen molar-refractivity contribution < 1.29 is 9.47 Å². The molecule has 0 radical (unpaired) electrons. The lowest BCUT2D eigenvalue weighted by molar-refractivity contribution is 0.0471. The minimum atomic E-state index is 0.337. The van der Waals surface area contributed by atoms with Gasteiger partial charge in [0.2, 0.25) is 0 Å². The lowest BCUT2D eigenvalue weighted by atomic mass is 9.83. The fraction of sp³-hybridized carbons (Fsp3) is 0.417. The number of piperidine rings is 1. The minimum Gasteiger partial charge on any atom is -0.493 e. The van der Waals surface area contributed by atoms with E-state index >= 15 is 0 Å². The molecule has 27 heavy (non-hydrogen) atoms. The molecule has 0 saturated carbocycles. The topological polar surface area (TPSA) is 21.7 Å². The number of ether oxygens (including phenoxy) is 2. The molecule has 1 heterocycles. The molecule has 1 fully saturated rings. The maximum absolute atomic E-state index is 5.59. The largest absolute Gasteiger partial charge is 0.493 e. The first-order valence-electron chi connectivity index (χ1n) is 9.77. The van der Waals surface area contributed by atoms with E-state index in [4.69, 9.17) is 9.47 Å². The third kappa shape index (κ3) is 4.03. The van der Waals surface area contributed by atoms with E-state index in [2.05, 4.69) is 61.7 Å². The molecule has 0 spiro atoms. The summed E-state index contributed by atoms with van der Waals surface area (Å²) >= 11 is 0. The molecule has 3 rings (SSSR count). The van der Waals surface area contributed by atoms with Gasteiger partial charge in [0, 0.05) is 18.6 Å². The summed E-state index contributed by atoms with van der Waals surface area (Å²) in [6.45, 7) is 9.71. The highest BCUT2D eigenvalue weighted by atomic mass is 16.5. The summed E-state index contributed by atoms with van der Waals surface area (Å²) in [6, 6.07) is 15.8. The molecule has 144 valence electrons. The molecule has 0 amide bonds. The van der Waals surface area contributed by atoms with Crippen molar-refractivity contribution in [2.75, 3.05) is 14.2 Å². The van der Waals surface area contributed by atoms with E-state index in [1.54, 1.807) is 14.2 Å². The Kier molecular flexibility index (Phi) is 6.22. The molecule has 0 bridgehead atoms. The second-order valence-corrected chi connectivity index (χ2v) is 7.51. The van der Waals surface area contributed by atoms with Gasteiger partial charge in [-0.05, 0) is 54.5 Å². The summed E-state index contributed by atoms with van der Waals surface area (Å²) in [5.41, 5.74) is 3.75. The summed E-state index contributed by atoms with van der Waals surface area (Å²) in [5.74, 6) is 2.21. The quantitative estimate of drug-likeness (QED) is 0.654. The maximum atomic E-state index is 5.59. The van der Waals surface area contributed by atoms with E-state index in [0.29, 0.717) is 18.0 Å². The number of hydrogen-bond acceptors (Lipinski definition) is 3. The van der Waals surface area contributed by atoms with Crippen LogP contribution in [-0.4, -0.2) is 25.2 Å². The predicted molar refractivity (Wildman–Crippen MR) is 112 cm³/mol. The van der Waals surface area contributed by atoms with Gasteiger partial charge < -0.3 is 9.47 Å². The van der Waals surface area contributed by atoms with Gasteiger partial charge in [0.15, 0.2) is 11.5 Å². The van der Waals surface area contributed by atoms with Crippen LogP contribution in [0.25, 0.3) is 6.08 Å². The molecular formula is C24H31NO2. The van der Waals surface area contributed by atoms with Crippen molar-refractivity contribution in [2.24, 2.45) is 5.92 Å². The third-order valence-corrected chi connectivity index (χ3v) is 6.02. The Labute approximate surface area is 163 Å². The zero-order valence-corrected chi connectivity index (χ0v) is 16.9. The summed E-state index contributed by atoms with van der Waals surface area (Å²) in [7, 11) is 3.37. The van der Waals surface area contributed by atoms with Crippen molar-refractivity contribution in [1.82, 2.24) is 4.90 Å². The number of likely N-dealkylation sites (tertiary alicyclic amines) is 1. The zero-order chi connectivity index (χ0) is 19.4. The van der Waals surface area contributed by atoms with Gasteiger partial charge in [-0.1, -0.05) is 49.9 Å². The molecule has 0 N–H and O–H groups in total. The molecule has 3 nitrogen and oxygen atoms in total. The van der Waals surface area contributed by atoms with E-state index in [1.165, 1.54) is 17.5 Å². The smallest absolute Gasteiger partial charge is 0.161 e. The average Bonchev–Trinajstić information content (AvgIpc) is 2.71. The van der Waals surface area contributed by atoms with E-state index in [-0.39, 0.29) is 0 Å². The molecule has 3 unspecified atom stereocenters. The fourth-order valence-electron chi connectivity index (χ4n) is 4.20. The van der Waals surface area contributed by atoms with Gasteiger partial charge >= 0.3 is 0 Å². The Hall–Kier alpha value is -2.26. The lowest BCUT2D eigenvalue weighted by Gasteiger charge is -2.45. The third-order valence-electron chi connectivity index (χ3n) is 6.02. The number of benzene rings is 2. The Morgan fingerprint density at radius 2 is 1.70 bits per heavy atom. The number of rotatable bonds is 6. The number of methoxy groups -OCH3 is 2. The van der Waals surface area contributed by atoms with Crippen LogP contribution in [0.2, 0.25) is 0 Å². The van der Waals surface area contributed by atoms with E-state index in [1.807, 2.05) is 12.1 Å². The first-order chi connectivity index (χ1) is 13.1. The lowest BCUT2D eigenvalue weighted by Crippen LogP contribution is -2.44. The highest BCUT2D eigenvalue weighted by Gasteiger charge is 2.34. The molecule has 1 aliphatic rings. The number of nitrogens with zero attached hydrogens (tertiary/aromatic N) is 1. The molecule has 0 aliphatic carbocycles. The van der Waals surface area contributed by atoms with Crippen molar-refractivity contribution in [3.05, 3.63) is 65.7 Å². The highest BCUT2D eigenvalue weighted by molar-refractivity contribution is 5.60. The van der Waals surface area contributed by atoms with Crippen LogP contribution in [0.3, 0.4) is 0 Å². The first-order valence-corrected chi connectivity index (χ1v) is 9.77. The SMILES string of the molecule is C=Cc1cc(OC)c(OC)cc1C1CCC(C)C(C)N1Cc1ccccc1. The van der Waals surface area contributed by atoms with Crippen LogP contribution in [0, 0.1) is 5.92 Å². The van der Waals surface area contributed by atoms with Gasteiger partial charge in [0.1, 0.15) is 0 Å². The van der Waals surface area contributed by atoms with Crippen LogP contribution in [0.4, 0.5) is 0 Å². The summed E-state index contributed by atoms with van der Waals surface area (Å²) in [5, 5.41) is 0. The van der Waals surface area contributed by atoms with Gasteiger partial charge in [-0.2, -0.15) is 0 Å². The Morgan fingerprint density at radius 1 is 1.04 bits per heavy atom. The van der Waals surface area contributed by atoms with Crippen LogP contribution in [-0.2, 0) is 6.54 Å². The molecule has 3 atom stereocenters. The van der Waals surface area contributed by atoms with Crippen molar-refractivity contribution in [3.8, 4) is 11.5 Å². The van der Waals surface area contributed by atoms with Crippen molar-refractivity contribution >= 4 is 6.08 Å². The molecule has 2 aromatic carbocycles. The van der Waals surface area contributed by atoms with Crippen LogP contribution in [0.15, 0.2) is 49.0 Å². The van der Waals surface area contributed by atoms with Crippen LogP contribution in [0.5, 0.6) is 11.5 Å². The standard InChI is InChI=1S/C24H31NO2/c1-6-20-14-23(26-4)24(27-5)15-21(20)22-13-12-17(2)18(3)25(22)16-19-10-8-7-9-11-19/h6-11,14-15,17-18,22H,1,12-13,16H2,2-5H3. The van der Waals surface area contributed by atoms with Crippen LogP contribution >= 0.6 is 0 Å². The second kappa shape index (κ2) is 8.62. The van der Waals surface area contributed by atoms with Crippen molar-refractivity contribution in [1.29, 1.82) is 0 Å². The predicted octanol–water partition coefficient (Wildman–Crippen LogP) is 5.71. The van der Waals surface area contributed by atoms with Crippen LogP contribution < -0.4 is 9.47 Å². The minimum absolute atomic E-state index is 0.337. The monoisotopic (exact) mass is 365 g/mol. The molecule has 3 heteroatoms. The van der Waals surface area contributed by atoms with Gasteiger partial charge in [0.05, 0.1) is 14.2 Å². The second-order valence-electron chi connectivity index (χ2n) is 7.51. The van der Waals surface area contributed by atoms with E-state index in [9.17, 15) is 0 Å². The molecule has 1 aliphatic heterocycles. The van der Waals surface area contributed by atoms with Gasteiger partial charge in [-0.15, -0.1) is 0 Å². The van der Waals surface area contributed by atoms with Gasteiger partial charge in [0.25, 0.3) is 0 Å². The Balaban J connectivity index is 2.02. The number of hydrogen-bond donors (Lipinski definition) is 0. The van der Waals surface area contributed by atoms with Gasteiger partial charge in [-0.3, -0.25) is 4.90 Å². The molecular weight excluding hydrogens is 334 g/mol. The van der Waals surface area contributed by atoms with Gasteiger partial charge in [-0.25, -0.2) is 0 Å². The van der Waals surface area contributed by atoms with Crippen molar-refractivity contribution in [2.45, 2.75) is 45.3 Å².